The lowest BCUT2D eigenvalue weighted by Gasteiger charge is -2.17. The van der Waals surface area contributed by atoms with E-state index in [2.05, 4.69) is 25.4 Å². The van der Waals surface area contributed by atoms with Crippen molar-refractivity contribution in [3.63, 3.8) is 0 Å². The van der Waals surface area contributed by atoms with Crippen molar-refractivity contribution in [1.82, 2.24) is 34.7 Å². The molecule has 0 unspecified atom stereocenters. The van der Waals surface area contributed by atoms with Gasteiger partial charge in [0.1, 0.15) is 12.1 Å². The summed E-state index contributed by atoms with van der Waals surface area (Å²) in [5, 5.41) is 10.2. The molecular formula is C13H12F2N8O. The van der Waals surface area contributed by atoms with Crippen LogP contribution < -0.4 is 10.5 Å². The van der Waals surface area contributed by atoms with Gasteiger partial charge in [-0.15, -0.1) is 5.10 Å². The van der Waals surface area contributed by atoms with Crippen LogP contribution in [0, 0.1) is 0 Å². The molecule has 11 heteroatoms. The number of aromatic nitrogens is 7. The smallest absolute Gasteiger partial charge is 0.298 e. The fourth-order valence-corrected chi connectivity index (χ4v) is 2.60. The zero-order valence-electron chi connectivity index (χ0n) is 12.3. The lowest BCUT2D eigenvalue weighted by Crippen LogP contribution is -2.26. The van der Waals surface area contributed by atoms with Crippen molar-refractivity contribution in [2.24, 2.45) is 0 Å². The Bertz CT molecular complexity index is 916. The van der Waals surface area contributed by atoms with Crippen LogP contribution in [0.25, 0.3) is 11.5 Å². The molecule has 0 spiro atoms. The first-order valence-electron chi connectivity index (χ1n) is 7.16. The van der Waals surface area contributed by atoms with Gasteiger partial charge in [-0.1, -0.05) is 5.21 Å². The zero-order valence-corrected chi connectivity index (χ0v) is 12.3. The molecule has 1 aliphatic rings. The number of nitrogens with zero attached hydrogens (tertiary/aromatic N) is 7. The SMILES string of the molecule is O=c1c(-n2ccnn2)c[nH]n1-c1cc(N2CCC(F)(F)C2)ncn1. The number of anilines is 1. The molecular weight excluding hydrogens is 322 g/mol. The first-order valence-corrected chi connectivity index (χ1v) is 7.16. The molecule has 1 N–H and O–H groups in total. The molecule has 4 heterocycles. The van der Waals surface area contributed by atoms with E-state index in [-0.39, 0.29) is 24.5 Å². The van der Waals surface area contributed by atoms with Crippen LogP contribution in [0.3, 0.4) is 0 Å². The monoisotopic (exact) mass is 334 g/mol. The topological polar surface area (TPSA) is 97.5 Å². The Morgan fingerprint density at radius 3 is 2.79 bits per heavy atom. The minimum Gasteiger partial charge on any atom is -0.350 e. The van der Waals surface area contributed by atoms with Crippen molar-refractivity contribution in [1.29, 1.82) is 0 Å². The predicted molar refractivity (Wildman–Crippen MR) is 78.7 cm³/mol. The highest BCUT2D eigenvalue weighted by molar-refractivity contribution is 5.45. The second-order valence-electron chi connectivity index (χ2n) is 5.41. The van der Waals surface area contributed by atoms with E-state index in [1.807, 2.05) is 0 Å². The van der Waals surface area contributed by atoms with Gasteiger partial charge in [0.2, 0.25) is 0 Å². The van der Waals surface area contributed by atoms with Gasteiger partial charge in [-0.05, 0) is 0 Å². The van der Waals surface area contributed by atoms with Gasteiger partial charge in [-0.3, -0.25) is 9.89 Å². The average molecular weight is 334 g/mol. The second kappa shape index (κ2) is 5.22. The van der Waals surface area contributed by atoms with E-state index in [4.69, 9.17) is 0 Å². The van der Waals surface area contributed by atoms with Crippen molar-refractivity contribution in [2.45, 2.75) is 12.3 Å². The first-order chi connectivity index (χ1) is 11.5. The van der Waals surface area contributed by atoms with Crippen molar-refractivity contribution >= 4 is 5.82 Å². The number of halogens is 2. The zero-order chi connectivity index (χ0) is 16.7. The van der Waals surface area contributed by atoms with Crippen molar-refractivity contribution < 1.29 is 8.78 Å². The molecule has 4 rings (SSSR count). The van der Waals surface area contributed by atoms with Crippen LogP contribution in [0.15, 0.2) is 35.8 Å². The Kier molecular flexibility index (Phi) is 3.15. The normalized spacial score (nSPS) is 16.7. The first kappa shape index (κ1) is 14.5. The molecule has 0 aromatic carbocycles. The molecule has 0 saturated carbocycles. The maximum absolute atomic E-state index is 13.4. The number of hydrogen-bond donors (Lipinski definition) is 1. The van der Waals surface area contributed by atoms with Gasteiger partial charge < -0.3 is 4.90 Å². The minimum atomic E-state index is -2.73. The summed E-state index contributed by atoms with van der Waals surface area (Å²) in [4.78, 5) is 22.0. The van der Waals surface area contributed by atoms with Crippen LogP contribution in [0.5, 0.6) is 0 Å². The summed E-state index contributed by atoms with van der Waals surface area (Å²) in [6.07, 6.45) is 5.47. The number of hydrogen-bond acceptors (Lipinski definition) is 6. The van der Waals surface area contributed by atoms with Crippen molar-refractivity contribution in [3.8, 4) is 11.5 Å². The third-order valence-corrected chi connectivity index (χ3v) is 3.78. The van der Waals surface area contributed by atoms with Crippen LogP contribution >= 0.6 is 0 Å². The van der Waals surface area contributed by atoms with Gasteiger partial charge in [-0.2, -0.15) is 4.68 Å². The third-order valence-electron chi connectivity index (χ3n) is 3.78. The molecule has 0 atom stereocenters. The summed E-state index contributed by atoms with van der Waals surface area (Å²) in [6, 6.07) is 1.49. The molecule has 1 saturated heterocycles. The molecule has 0 aliphatic carbocycles. The summed E-state index contributed by atoms with van der Waals surface area (Å²) >= 11 is 0. The van der Waals surface area contributed by atoms with Gasteiger partial charge in [-0.25, -0.2) is 23.4 Å². The van der Waals surface area contributed by atoms with E-state index < -0.39 is 18.0 Å². The van der Waals surface area contributed by atoms with Gasteiger partial charge in [0.25, 0.3) is 11.5 Å². The lowest BCUT2D eigenvalue weighted by atomic mass is 10.3. The maximum Gasteiger partial charge on any atom is 0.298 e. The summed E-state index contributed by atoms with van der Waals surface area (Å²) in [5.74, 6) is -2.12. The summed E-state index contributed by atoms with van der Waals surface area (Å²) in [6.45, 7) is -0.194. The minimum absolute atomic E-state index is 0.202. The second-order valence-corrected chi connectivity index (χ2v) is 5.41. The highest BCUT2D eigenvalue weighted by Crippen LogP contribution is 2.29. The summed E-state index contributed by atoms with van der Waals surface area (Å²) in [5.41, 5.74) is -0.128. The van der Waals surface area contributed by atoms with Crippen LogP contribution in [0.2, 0.25) is 0 Å². The Morgan fingerprint density at radius 2 is 2.08 bits per heavy atom. The number of aromatic amines is 1. The Labute approximate surface area is 133 Å². The molecule has 0 amide bonds. The molecule has 0 radical (unpaired) electrons. The lowest BCUT2D eigenvalue weighted by molar-refractivity contribution is 0.0256. The van der Waals surface area contributed by atoms with E-state index in [9.17, 15) is 13.6 Å². The van der Waals surface area contributed by atoms with Crippen LogP contribution in [-0.4, -0.2) is 53.8 Å². The van der Waals surface area contributed by atoms with Gasteiger partial charge >= 0.3 is 0 Å². The molecule has 124 valence electrons. The average Bonchev–Trinajstić information content (AvgIpc) is 3.27. The maximum atomic E-state index is 13.4. The van der Waals surface area contributed by atoms with Crippen LogP contribution in [0.1, 0.15) is 6.42 Å². The molecule has 9 nitrogen and oxygen atoms in total. The van der Waals surface area contributed by atoms with Crippen molar-refractivity contribution in [2.75, 3.05) is 18.0 Å². The predicted octanol–water partition coefficient (Wildman–Crippen LogP) is 0.382. The highest BCUT2D eigenvalue weighted by Gasteiger charge is 2.38. The number of H-pyrrole nitrogens is 1. The van der Waals surface area contributed by atoms with Gasteiger partial charge in [0.15, 0.2) is 11.5 Å². The Morgan fingerprint density at radius 1 is 1.25 bits per heavy atom. The molecule has 24 heavy (non-hydrogen) atoms. The molecule has 1 aliphatic heterocycles. The van der Waals surface area contributed by atoms with Gasteiger partial charge in [0.05, 0.1) is 25.1 Å². The largest absolute Gasteiger partial charge is 0.350 e. The molecule has 3 aromatic rings. The van der Waals surface area contributed by atoms with E-state index in [0.29, 0.717) is 5.82 Å². The number of alkyl halides is 2. The fraction of sp³-hybridized carbons (Fsp3) is 0.308. The number of rotatable bonds is 3. The Hall–Kier alpha value is -3.11. The van der Waals surface area contributed by atoms with Crippen molar-refractivity contribution in [3.05, 3.63) is 41.3 Å². The van der Waals surface area contributed by atoms with Gasteiger partial charge in [0, 0.05) is 19.0 Å². The molecule has 3 aromatic heterocycles. The standard InChI is InChI=1S/C13H12F2N8O/c14-13(15)1-3-21(7-13)10-5-11(17-8-16-10)23-12(24)9(6-19-23)22-4-2-18-20-22/h2,4-6,8,19H,1,3,7H2. The van der Waals surface area contributed by atoms with Crippen LogP contribution in [-0.2, 0) is 0 Å². The Balaban J connectivity index is 1.69. The van der Waals surface area contributed by atoms with E-state index in [0.717, 1.165) is 0 Å². The van der Waals surface area contributed by atoms with E-state index in [1.165, 1.54) is 45.2 Å². The summed E-state index contributed by atoms with van der Waals surface area (Å²) < 4.78 is 29.2. The third kappa shape index (κ3) is 2.43. The highest BCUT2D eigenvalue weighted by atomic mass is 19.3. The van der Waals surface area contributed by atoms with Crippen LogP contribution in [0.4, 0.5) is 14.6 Å². The molecule has 0 bridgehead atoms. The quantitative estimate of drug-likeness (QED) is 0.744. The fourth-order valence-electron chi connectivity index (χ4n) is 2.60. The summed E-state index contributed by atoms with van der Waals surface area (Å²) in [7, 11) is 0. The number of nitrogens with one attached hydrogen (secondary N) is 1. The molecule has 1 fully saturated rings. The van der Waals surface area contributed by atoms with E-state index in [1.54, 1.807) is 0 Å². The van der Waals surface area contributed by atoms with E-state index >= 15 is 0 Å².